The van der Waals surface area contributed by atoms with Crippen LogP contribution in [-0.2, 0) is 9.53 Å². The molecule has 0 heterocycles. The highest BCUT2D eigenvalue weighted by Crippen LogP contribution is 2.09. The molecule has 1 aromatic rings. The molecule has 1 rings (SSSR count). The molecular formula is C14H20BrNO3. The average Bonchev–Trinajstić information content (AvgIpc) is 2.27. The van der Waals surface area contributed by atoms with Gasteiger partial charge in [0.05, 0.1) is 6.54 Å². The summed E-state index contributed by atoms with van der Waals surface area (Å²) in [5, 5.41) is 2.72. The first-order chi connectivity index (χ1) is 8.78. The first kappa shape index (κ1) is 17.8. The van der Waals surface area contributed by atoms with Gasteiger partial charge < -0.3 is 10.1 Å². The van der Waals surface area contributed by atoms with Gasteiger partial charge in [0.25, 0.3) is 0 Å². The van der Waals surface area contributed by atoms with E-state index in [1.165, 1.54) is 0 Å². The Morgan fingerprint density at radius 2 is 2.05 bits per heavy atom. The maximum Gasteiger partial charge on any atom is 0.320 e. The highest BCUT2D eigenvalue weighted by Gasteiger charge is 2.14. The van der Waals surface area contributed by atoms with Crippen molar-refractivity contribution in [1.82, 2.24) is 5.32 Å². The highest BCUT2D eigenvalue weighted by atomic mass is 79.9. The van der Waals surface area contributed by atoms with E-state index in [0.29, 0.717) is 5.56 Å². The Bertz CT molecular complexity index is 413. The largest absolute Gasteiger partial charge is 0.459 e. The molecule has 1 aromatic carbocycles. The second-order valence-corrected chi connectivity index (χ2v) is 5.71. The highest BCUT2D eigenvalue weighted by molar-refractivity contribution is 9.10. The summed E-state index contributed by atoms with van der Waals surface area (Å²) in [7, 11) is 1.71. The number of likely N-dealkylation sites (N-methyl/N-ethyl adjacent to an activating group) is 1. The maximum atomic E-state index is 10.8. The van der Waals surface area contributed by atoms with E-state index in [-0.39, 0.29) is 18.1 Å². The van der Waals surface area contributed by atoms with E-state index in [2.05, 4.69) is 21.2 Å². The van der Waals surface area contributed by atoms with Crippen LogP contribution in [0.4, 0.5) is 0 Å². The summed E-state index contributed by atoms with van der Waals surface area (Å²) >= 11 is 3.24. The van der Waals surface area contributed by atoms with Gasteiger partial charge in [-0.25, -0.2) is 0 Å². The Morgan fingerprint density at radius 3 is 2.42 bits per heavy atom. The number of carbonyl (C=O) groups is 2. The number of esters is 1. The summed E-state index contributed by atoms with van der Waals surface area (Å²) in [6.07, 6.45) is 0.824. The van der Waals surface area contributed by atoms with Crippen LogP contribution in [0, 0.1) is 0 Å². The van der Waals surface area contributed by atoms with E-state index in [1.54, 1.807) is 19.2 Å². The lowest BCUT2D eigenvalue weighted by atomic mass is 10.2. The van der Waals surface area contributed by atoms with Crippen LogP contribution in [0.1, 0.15) is 31.1 Å². The fraction of sp³-hybridized carbons (Fsp3) is 0.429. The molecule has 0 unspecified atom stereocenters. The summed E-state index contributed by atoms with van der Waals surface area (Å²) < 4.78 is 5.91. The van der Waals surface area contributed by atoms with Crippen LogP contribution in [0.3, 0.4) is 0 Å². The fourth-order valence-electron chi connectivity index (χ4n) is 1.10. The van der Waals surface area contributed by atoms with Crippen molar-refractivity contribution in [3.05, 3.63) is 34.3 Å². The quantitative estimate of drug-likeness (QED) is 0.684. The molecule has 4 nitrogen and oxygen atoms in total. The molecular weight excluding hydrogens is 310 g/mol. The van der Waals surface area contributed by atoms with Crippen LogP contribution in [-0.4, -0.2) is 31.4 Å². The van der Waals surface area contributed by atoms with Crippen molar-refractivity contribution in [2.45, 2.75) is 26.4 Å². The van der Waals surface area contributed by atoms with Crippen LogP contribution >= 0.6 is 15.9 Å². The third kappa shape index (κ3) is 10.4. The van der Waals surface area contributed by atoms with Gasteiger partial charge in [-0.3, -0.25) is 9.59 Å². The van der Waals surface area contributed by atoms with E-state index >= 15 is 0 Å². The molecule has 0 aliphatic heterocycles. The molecule has 1 N–H and O–H groups in total. The average molecular weight is 330 g/mol. The lowest BCUT2D eigenvalue weighted by Crippen LogP contribution is -2.29. The molecule has 0 amide bonds. The normalized spacial score (nSPS) is 10.2. The lowest BCUT2D eigenvalue weighted by molar-refractivity contribution is -0.153. The zero-order valence-corrected chi connectivity index (χ0v) is 13.3. The number of ether oxygens (including phenoxy) is 1. The minimum absolute atomic E-state index is 0.213. The number of benzene rings is 1. The van der Waals surface area contributed by atoms with E-state index in [0.717, 1.165) is 10.8 Å². The third-order valence-corrected chi connectivity index (χ3v) is 2.22. The molecule has 0 bridgehead atoms. The summed E-state index contributed by atoms with van der Waals surface area (Å²) in [6, 6.07) is 7.24. The molecule has 0 aliphatic carbocycles. The van der Waals surface area contributed by atoms with Gasteiger partial charge in [-0.05, 0) is 40.0 Å². The van der Waals surface area contributed by atoms with Crippen molar-refractivity contribution >= 4 is 28.2 Å². The van der Waals surface area contributed by atoms with Gasteiger partial charge >= 0.3 is 5.97 Å². The minimum atomic E-state index is -0.367. The van der Waals surface area contributed by atoms with Crippen LogP contribution in [0.2, 0.25) is 0 Å². The smallest absolute Gasteiger partial charge is 0.320 e. The Labute approximate surface area is 122 Å². The molecule has 19 heavy (non-hydrogen) atoms. The van der Waals surface area contributed by atoms with E-state index in [4.69, 9.17) is 4.74 Å². The van der Waals surface area contributed by atoms with Gasteiger partial charge in [0, 0.05) is 10.0 Å². The van der Waals surface area contributed by atoms with E-state index in [9.17, 15) is 9.59 Å². The fourth-order valence-corrected chi connectivity index (χ4v) is 1.52. The first-order valence-corrected chi connectivity index (χ1v) is 6.65. The zero-order chi connectivity index (χ0) is 14.9. The van der Waals surface area contributed by atoms with Crippen molar-refractivity contribution in [2.75, 3.05) is 13.6 Å². The molecule has 0 aliphatic rings. The van der Waals surface area contributed by atoms with Gasteiger partial charge in [-0.2, -0.15) is 0 Å². The summed E-state index contributed by atoms with van der Waals surface area (Å²) in [4.78, 5) is 20.9. The van der Waals surface area contributed by atoms with Crippen molar-refractivity contribution in [2.24, 2.45) is 0 Å². The van der Waals surface area contributed by atoms with Crippen LogP contribution in [0.5, 0.6) is 0 Å². The Hall–Kier alpha value is -1.20. The molecule has 0 saturated heterocycles. The molecule has 0 atom stereocenters. The van der Waals surface area contributed by atoms with Gasteiger partial charge in [-0.1, -0.05) is 28.1 Å². The number of hydrogen-bond donors (Lipinski definition) is 1. The molecule has 106 valence electrons. The Kier molecular flexibility index (Phi) is 8.27. The number of rotatable bonds is 3. The summed E-state index contributed by atoms with van der Waals surface area (Å²) in [5.41, 5.74) is 0.331. The molecule has 0 fully saturated rings. The molecule has 0 spiro atoms. The number of nitrogens with one attached hydrogen (secondary N) is 1. The second-order valence-electron chi connectivity index (χ2n) is 4.79. The Morgan fingerprint density at radius 1 is 1.42 bits per heavy atom. The molecule has 0 aromatic heterocycles. The lowest BCUT2D eigenvalue weighted by Gasteiger charge is -2.19. The second kappa shape index (κ2) is 8.82. The molecule has 0 saturated carbocycles. The first-order valence-electron chi connectivity index (χ1n) is 5.85. The van der Waals surface area contributed by atoms with Crippen molar-refractivity contribution in [3.8, 4) is 0 Å². The standard InChI is InChI=1S/C7H5BrO.C7H15NO2/c8-7-3-1-2-6(4-7)5-9;1-7(2,3)10-6(9)5-8-4/h1-5H;8H,5H2,1-4H3. The number of hydrogen-bond acceptors (Lipinski definition) is 4. The third-order valence-electron chi connectivity index (χ3n) is 1.73. The number of halogens is 1. The summed E-state index contributed by atoms with van der Waals surface area (Å²) in [6.45, 7) is 5.82. The van der Waals surface area contributed by atoms with Gasteiger partial charge in [0.2, 0.25) is 0 Å². The molecule has 5 heteroatoms. The number of aldehydes is 1. The minimum Gasteiger partial charge on any atom is -0.459 e. The van der Waals surface area contributed by atoms with E-state index < -0.39 is 0 Å². The monoisotopic (exact) mass is 329 g/mol. The maximum absolute atomic E-state index is 10.8. The van der Waals surface area contributed by atoms with Crippen LogP contribution in [0.25, 0.3) is 0 Å². The zero-order valence-electron chi connectivity index (χ0n) is 11.7. The molecule has 0 radical (unpaired) electrons. The van der Waals surface area contributed by atoms with Crippen LogP contribution in [0.15, 0.2) is 28.7 Å². The predicted octanol–water partition coefficient (Wildman–Crippen LogP) is 2.81. The Balaban J connectivity index is 0.000000342. The van der Waals surface area contributed by atoms with Crippen LogP contribution < -0.4 is 5.32 Å². The van der Waals surface area contributed by atoms with Crippen molar-refractivity contribution < 1.29 is 14.3 Å². The summed E-state index contributed by atoms with van der Waals surface area (Å²) in [5.74, 6) is -0.213. The van der Waals surface area contributed by atoms with Crippen molar-refractivity contribution in [1.29, 1.82) is 0 Å². The van der Waals surface area contributed by atoms with Gasteiger partial charge in [-0.15, -0.1) is 0 Å². The topological polar surface area (TPSA) is 55.4 Å². The van der Waals surface area contributed by atoms with Gasteiger partial charge in [0.1, 0.15) is 11.9 Å². The number of carbonyl (C=O) groups excluding carboxylic acids is 2. The van der Waals surface area contributed by atoms with Crippen molar-refractivity contribution in [3.63, 3.8) is 0 Å². The predicted molar refractivity (Wildman–Crippen MR) is 79.3 cm³/mol. The van der Waals surface area contributed by atoms with Gasteiger partial charge in [0.15, 0.2) is 0 Å². The van der Waals surface area contributed by atoms with E-state index in [1.807, 2.05) is 32.9 Å². The SMILES string of the molecule is CNCC(=O)OC(C)(C)C.O=Cc1cccc(Br)c1.